The topological polar surface area (TPSA) is 95.7 Å². The summed E-state index contributed by atoms with van der Waals surface area (Å²) in [6, 6.07) is 14.4. The number of nitrogens with zero attached hydrogens (tertiary/aromatic N) is 2. The molecule has 8 nitrogen and oxygen atoms in total. The van der Waals surface area contributed by atoms with Crippen LogP contribution < -0.4 is 14.8 Å². The Hall–Kier alpha value is -3.39. The van der Waals surface area contributed by atoms with Gasteiger partial charge in [-0.15, -0.1) is 10.2 Å². The van der Waals surface area contributed by atoms with E-state index in [9.17, 15) is 4.79 Å². The predicted octanol–water partition coefficient (Wildman–Crippen LogP) is 3.30. The van der Waals surface area contributed by atoms with Gasteiger partial charge in [0.25, 0.3) is 5.89 Å². The van der Waals surface area contributed by atoms with Crippen LogP contribution in [0.25, 0.3) is 11.5 Å². The van der Waals surface area contributed by atoms with Crippen LogP contribution in [0.2, 0.25) is 0 Å². The maximum Gasteiger partial charge on any atom is 0.254 e. The number of nitrogens with one attached hydrogen (secondary N) is 1. The quantitative estimate of drug-likeness (QED) is 0.606. The summed E-state index contributed by atoms with van der Waals surface area (Å²) in [5.74, 6) is 1.84. The second kappa shape index (κ2) is 9.52. The van der Waals surface area contributed by atoms with Crippen molar-refractivity contribution in [1.29, 1.82) is 0 Å². The van der Waals surface area contributed by atoms with Crippen molar-refractivity contribution in [2.24, 2.45) is 0 Å². The third kappa shape index (κ3) is 5.31. The molecule has 0 unspecified atom stereocenters. The smallest absolute Gasteiger partial charge is 0.254 e. The van der Waals surface area contributed by atoms with Crippen molar-refractivity contribution in [3.05, 3.63) is 54.4 Å². The maximum absolute atomic E-state index is 11.7. The van der Waals surface area contributed by atoms with Crippen molar-refractivity contribution >= 4 is 11.6 Å². The summed E-state index contributed by atoms with van der Waals surface area (Å²) in [4.78, 5) is 11.7. The van der Waals surface area contributed by atoms with Gasteiger partial charge >= 0.3 is 0 Å². The van der Waals surface area contributed by atoms with Gasteiger partial charge in [-0.1, -0.05) is 6.07 Å². The van der Waals surface area contributed by atoms with Crippen LogP contribution in [0.5, 0.6) is 11.5 Å². The van der Waals surface area contributed by atoms with Crippen molar-refractivity contribution < 1.29 is 23.4 Å². The van der Waals surface area contributed by atoms with Gasteiger partial charge in [0.2, 0.25) is 11.8 Å². The van der Waals surface area contributed by atoms with E-state index in [1.165, 1.54) is 0 Å². The van der Waals surface area contributed by atoms with Crippen molar-refractivity contribution in [2.45, 2.75) is 13.5 Å². The van der Waals surface area contributed by atoms with Crippen LogP contribution in [-0.4, -0.2) is 36.4 Å². The van der Waals surface area contributed by atoms with Gasteiger partial charge in [-0.25, -0.2) is 0 Å². The molecular weight excluding hydrogens is 362 g/mol. The number of ether oxygens (including phenoxy) is 3. The fraction of sp³-hybridized carbons (Fsp3) is 0.250. The highest BCUT2D eigenvalue weighted by atomic mass is 16.5. The van der Waals surface area contributed by atoms with Gasteiger partial charge in [-0.3, -0.25) is 4.79 Å². The van der Waals surface area contributed by atoms with Crippen LogP contribution in [0, 0.1) is 0 Å². The van der Waals surface area contributed by atoms with Gasteiger partial charge in [-0.05, 0) is 43.3 Å². The number of amides is 1. The molecule has 8 heteroatoms. The second-order valence-electron chi connectivity index (χ2n) is 5.73. The van der Waals surface area contributed by atoms with Gasteiger partial charge in [0.05, 0.1) is 7.11 Å². The van der Waals surface area contributed by atoms with Gasteiger partial charge < -0.3 is 23.9 Å². The Balaban J connectivity index is 1.57. The SMILES string of the molecule is CCOCC(=O)Nc1cccc(OCc2nnc(-c3ccc(OC)cc3)o2)c1. The number of anilines is 1. The van der Waals surface area contributed by atoms with E-state index in [2.05, 4.69) is 15.5 Å². The molecule has 1 heterocycles. The highest BCUT2D eigenvalue weighted by Crippen LogP contribution is 2.22. The number of hydrogen-bond acceptors (Lipinski definition) is 7. The molecule has 2 aromatic carbocycles. The fourth-order valence-corrected chi connectivity index (χ4v) is 2.36. The predicted molar refractivity (Wildman–Crippen MR) is 102 cm³/mol. The Morgan fingerprint density at radius 1 is 1.11 bits per heavy atom. The van der Waals surface area contributed by atoms with Crippen molar-refractivity contribution in [3.63, 3.8) is 0 Å². The van der Waals surface area contributed by atoms with E-state index in [1.807, 2.05) is 31.2 Å². The molecule has 1 amide bonds. The number of benzene rings is 2. The molecule has 0 atom stereocenters. The number of carbonyl (C=O) groups excluding carboxylic acids is 1. The first-order chi connectivity index (χ1) is 13.7. The zero-order valence-corrected chi connectivity index (χ0v) is 15.7. The number of methoxy groups -OCH3 is 1. The van der Waals surface area contributed by atoms with Crippen molar-refractivity contribution in [2.75, 3.05) is 25.6 Å². The summed E-state index contributed by atoms with van der Waals surface area (Å²) in [6.07, 6.45) is 0. The Morgan fingerprint density at radius 3 is 2.68 bits per heavy atom. The van der Waals surface area contributed by atoms with Gasteiger partial charge in [0.15, 0.2) is 6.61 Å². The van der Waals surface area contributed by atoms with E-state index in [0.717, 1.165) is 11.3 Å². The molecule has 0 spiro atoms. The molecule has 0 bridgehead atoms. The lowest BCUT2D eigenvalue weighted by Gasteiger charge is -2.08. The molecule has 0 aliphatic carbocycles. The van der Waals surface area contributed by atoms with E-state index in [-0.39, 0.29) is 19.1 Å². The molecule has 1 aromatic heterocycles. The maximum atomic E-state index is 11.7. The first kappa shape index (κ1) is 19.4. The lowest BCUT2D eigenvalue weighted by Crippen LogP contribution is -2.18. The van der Waals surface area contributed by atoms with Gasteiger partial charge in [-0.2, -0.15) is 0 Å². The summed E-state index contributed by atoms with van der Waals surface area (Å²) >= 11 is 0. The van der Waals surface area contributed by atoms with Crippen LogP contribution in [-0.2, 0) is 16.1 Å². The molecule has 0 saturated heterocycles. The molecule has 0 aliphatic rings. The number of hydrogen-bond donors (Lipinski definition) is 1. The highest BCUT2D eigenvalue weighted by molar-refractivity contribution is 5.91. The fourth-order valence-electron chi connectivity index (χ4n) is 2.36. The minimum atomic E-state index is -0.222. The number of aromatic nitrogens is 2. The Kier molecular flexibility index (Phi) is 6.59. The van der Waals surface area contributed by atoms with E-state index in [0.29, 0.717) is 29.8 Å². The Morgan fingerprint density at radius 2 is 1.93 bits per heavy atom. The first-order valence-corrected chi connectivity index (χ1v) is 8.75. The largest absolute Gasteiger partial charge is 0.497 e. The summed E-state index contributed by atoms with van der Waals surface area (Å²) in [5.41, 5.74) is 1.41. The Bertz CT molecular complexity index is 908. The summed E-state index contributed by atoms with van der Waals surface area (Å²) in [6.45, 7) is 2.44. The van der Waals surface area contributed by atoms with E-state index in [1.54, 1.807) is 31.4 Å². The average molecular weight is 383 g/mol. The molecule has 0 aliphatic heterocycles. The van der Waals surface area contributed by atoms with Crippen LogP contribution in [0.1, 0.15) is 12.8 Å². The lowest BCUT2D eigenvalue weighted by atomic mass is 10.2. The Labute approximate surface area is 162 Å². The normalized spacial score (nSPS) is 10.5. The highest BCUT2D eigenvalue weighted by Gasteiger charge is 2.10. The van der Waals surface area contributed by atoms with Crippen LogP contribution in [0.4, 0.5) is 5.69 Å². The van der Waals surface area contributed by atoms with Crippen LogP contribution in [0.15, 0.2) is 52.9 Å². The third-order valence-corrected chi connectivity index (χ3v) is 3.72. The van der Waals surface area contributed by atoms with Crippen LogP contribution >= 0.6 is 0 Å². The summed E-state index contributed by atoms with van der Waals surface area (Å²) < 4.78 is 21.5. The van der Waals surface area contributed by atoms with Gasteiger partial charge in [0.1, 0.15) is 18.1 Å². The summed E-state index contributed by atoms with van der Waals surface area (Å²) in [7, 11) is 1.61. The third-order valence-electron chi connectivity index (χ3n) is 3.72. The average Bonchev–Trinajstić information content (AvgIpc) is 3.20. The van der Waals surface area contributed by atoms with Crippen molar-refractivity contribution in [1.82, 2.24) is 10.2 Å². The minimum Gasteiger partial charge on any atom is -0.497 e. The zero-order chi connectivity index (χ0) is 19.8. The van der Waals surface area contributed by atoms with E-state index < -0.39 is 0 Å². The number of carbonyl (C=O) groups is 1. The molecule has 0 radical (unpaired) electrons. The lowest BCUT2D eigenvalue weighted by molar-refractivity contribution is -0.120. The van der Waals surface area contributed by atoms with Crippen molar-refractivity contribution in [3.8, 4) is 23.0 Å². The first-order valence-electron chi connectivity index (χ1n) is 8.75. The number of rotatable bonds is 9. The van der Waals surface area contributed by atoms with E-state index in [4.69, 9.17) is 18.6 Å². The standard InChI is InChI=1S/C20H21N3O5/c1-3-26-12-18(24)21-15-5-4-6-17(11-15)27-13-19-22-23-20(28-19)14-7-9-16(25-2)10-8-14/h4-11H,3,12-13H2,1-2H3,(H,21,24). The van der Waals surface area contributed by atoms with E-state index >= 15 is 0 Å². The molecule has 1 N–H and O–H groups in total. The minimum absolute atomic E-state index is 0.0116. The molecule has 28 heavy (non-hydrogen) atoms. The summed E-state index contributed by atoms with van der Waals surface area (Å²) in [5, 5.41) is 10.8. The second-order valence-corrected chi connectivity index (χ2v) is 5.73. The molecule has 3 aromatic rings. The zero-order valence-electron chi connectivity index (χ0n) is 15.7. The van der Waals surface area contributed by atoms with Crippen LogP contribution in [0.3, 0.4) is 0 Å². The molecule has 0 saturated carbocycles. The molecule has 146 valence electrons. The van der Waals surface area contributed by atoms with Gasteiger partial charge in [0, 0.05) is 23.9 Å². The molecular formula is C20H21N3O5. The molecule has 3 rings (SSSR count). The molecule has 0 fully saturated rings. The monoisotopic (exact) mass is 383 g/mol.